The molecule has 1 aliphatic heterocycles. The first kappa shape index (κ1) is 16.8. The van der Waals surface area contributed by atoms with E-state index in [0.29, 0.717) is 11.4 Å². The fourth-order valence-electron chi connectivity index (χ4n) is 3.09. The van der Waals surface area contributed by atoms with Crippen molar-refractivity contribution in [2.45, 2.75) is 19.9 Å². The van der Waals surface area contributed by atoms with Crippen LogP contribution in [0.2, 0.25) is 0 Å². The maximum Gasteiger partial charge on any atom is 0.319 e. The average Bonchev–Trinajstić information content (AvgIpc) is 2.57. The lowest BCUT2D eigenvalue weighted by atomic mass is 9.85. The van der Waals surface area contributed by atoms with Crippen LogP contribution in [0.15, 0.2) is 60.8 Å². The molecule has 2 atom stereocenters. The number of carbonyl (C=O) groups is 2. The smallest absolute Gasteiger partial charge is 0.319 e. The zero-order chi connectivity index (χ0) is 18.0. The molecule has 0 spiro atoms. The van der Waals surface area contributed by atoms with Crippen molar-refractivity contribution < 1.29 is 9.59 Å². The lowest BCUT2D eigenvalue weighted by Crippen LogP contribution is -2.52. The molecular weight excluding hydrogens is 314 g/mol. The van der Waals surface area contributed by atoms with Crippen LogP contribution in [0.3, 0.4) is 0 Å². The molecule has 25 heavy (non-hydrogen) atoms. The van der Waals surface area contributed by atoms with Gasteiger partial charge in [-0.15, -0.1) is 0 Å². The Hall–Kier alpha value is -3.08. The lowest BCUT2D eigenvalue weighted by Gasteiger charge is -2.34. The largest absolute Gasteiger partial charge is 0.330 e. The van der Waals surface area contributed by atoms with Gasteiger partial charge in [0.1, 0.15) is 5.92 Å². The summed E-state index contributed by atoms with van der Waals surface area (Å²) in [6, 6.07) is 14.4. The minimum atomic E-state index is -0.613. The highest BCUT2D eigenvalue weighted by Gasteiger charge is 2.38. The Kier molecular flexibility index (Phi) is 4.57. The van der Waals surface area contributed by atoms with Crippen molar-refractivity contribution in [1.82, 2.24) is 10.6 Å². The fourth-order valence-corrected chi connectivity index (χ4v) is 3.09. The number of urea groups is 1. The molecule has 0 unspecified atom stereocenters. The molecule has 1 saturated heterocycles. The Balaban J connectivity index is 1.95. The molecule has 3 rings (SSSR count). The normalized spacial score (nSPS) is 19.8. The van der Waals surface area contributed by atoms with Crippen molar-refractivity contribution in [2.24, 2.45) is 5.92 Å². The quantitative estimate of drug-likeness (QED) is 0.804. The van der Waals surface area contributed by atoms with Crippen molar-refractivity contribution >= 4 is 17.6 Å². The molecule has 0 aromatic heterocycles. The van der Waals surface area contributed by atoms with Crippen LogP contribution < -0.4 is 16.0 Å². The van der Waals surface area contributed by atoms with Gasteiger partial charge in [0.2, 0.25) is 5.91 Å². The maximum absolute atomic E-state index is 12.9. The predicted octanol–water partition coefficient (Wildman–Crippen LogP) is 3.43. The molecule has 0 bridgehead atoms. The van der Waals surface area contributed by atoms with Crippen LogP contribution in [-0.4, -0.2) is 11.9 Å². The van der Waals surface area contributed by atoms with Crippen LogP contribution in [0.5, 0.6) is 0 Å². The van der Waals surface area contributed by atoms with Gasteiger partial charge in [0.05, 0.1) is 6.04 Å². The van der Waals surface area contributed by atoms with E-state index in [1.54, 1.807) is 0 Å². The summed E-state index contributed by atoms with van der Waals surface area (Å²) < 4.78 is 0. The maximum atomic E-state index is 12.9. The Morgan fingerprint density at radius 1 is 1.12 bits per heavy atom. The molecule has 0 aliphatic carbocycles. The number of rotatable bonds is 3. The first-order valence-corrected chi connectivity index (χ1v) is 8.15. The molecule has 1 heterocycles. The number of anilines is 1. The van der Waals surface area contributed by atoms with Crippen molar-refractivity contribution in [2.75, 3.05) is 5.32 Å². The van der Waals surface area contributed by atoms with E-state index in [2.05, 4.69) is 22.5 Å². The Bertz CT molecular complexity index is 830. The van der Waals surface area contributed by atoms with Crippen LogP contribution >= 0.6 is 0 Å². The summed E-state index contributed by atoms with van der Waals surface area (Å²) in [5.41, 5.74) is 4.11. The van der Waals surface area contributed by atoms with Gasteiger partial charge in [0.25, 0.3) is 0 Å². The number of carbonyl (C=O) groups excluding carboxylic acids is 2. The molecule has 2 aromatic carbocycles. The van der Waals surface area contributed by atoms with Gasteiger partial charge in [-0.25, -0.2) is 4.79 Å². The highest BCUT2D eigenvalue weighted by Crippen LogP contribution is 2.32. The first-order chi connectivity index (χ1) is 12.0. The van der Waals surface area contributed by atoms with Gasteiger partial charge in [-0.3, -0.25) is 4.79 Å². The van der Waals surface area contributed by atoms with E-state index in [9.17, 15) is 9.59 Å². The third-order valence-corrected chi connectivity index (χ3v) is 4.36. The van der Waals surface area contributed by atoms with Gasteiger partial charge in [-0.05, 0) is 37.1 Å². The summed E-state index contributed by atoms with van der Waals surface area (Å²) in [5.74, 6) is -0.826. The number of nitrogens with one attached hydrogen (secondary N) is 3. The summed E-state index contributed by atoms with van der Waals surface area (Å²) >= 11 is 0. The molecule has 5 heteroatoms. The number of hydrogen-bond acceptors (Lipinski definition) is 2. The van der Waals surface area contributed by atoms with E-state index in [-0.39, 0.29) is 11.9 Å². The fraction of sp³-hybridized carbons (Fsp3) is 0.200. The Morgan fingerprint density at radius 2 is 1.84 bits per heavy atom. The summed E-state index contributed by atoms with van der Waals surface area (Å²) in [5, 5.41) is 8.40. The molecule has 0 saturated carbocycles. The standard InChI is InChI=1S/C20H21N3O2/c1-12-9-10-13(2)16(11-12)18-17(14(3)21-20(25)23-18)19(24)22-15-7-5-4-6-8-15/h4-11,17-18H,3H2,1-2H3,(H,22,24)(H2,21,23,25)/t17-,18-/m0/s1. The zero-order valence-electron chi connectivity index (χ0n) is 14.3. The Labute approximate surface area is 147 Å². The van der Waals surface area contributed by atoms with Crippen LogP contribution in [0.1, 0.15) is 22.7 Å². The van der Waals surface area contributed by atoms with Crippen molar-refractivity contribution in [3.8, 4) is 0 Å². The molecule has 0 radical (unpaired) electrons. The third-order valence-electron chi connectivity index (χ3n) is 4.36. The molecule has 1 fully saturated rings. The van der Waals surface area contributed by atoms with E-state index < -0.39 is 12.0 Å². The molecule has 3 amide bonds. The molecule has 2 aromatic rings. The molecule has 3 N–H and O–H groups in total. The average molecular weight is 335 g/mol. The molecule has 128 valence electrons. The van der Waals surface area contributed by atoms with E-state index >= 15 is 0 Å². The van der Waals surface area contributed by atoms with E-state index in [1.165, 1.54) is 0 Å². The number of hydrogen-bond donors (Lipinski definition) is 3. The summed E-state index contributed by atoms with van der Waals surface area (Å²) in [4.78, 5) is 24.9. The minimum absolute atomic E-state index is 0.213. The predicted molar refractivity (Wildman–Crippen MR) is 98.0 cm³/mol. The van der Waals surface area contributed by atoms with Crippen molar-refractivity contribution in [3.63, 3.8) is 0 Å². The summed E-state index contributed by atoms with van der Waals surface area (Å²) in [7, 11) is 0. The van der Waals surface area contributed by atoms with Crippen molar-refractivity contribution in [3.05, 3.63) is 77.5 Å². The topological polar surface area (TPSA) is 70.2 Å². The van der Waals surface area contributed by atoms with Gasteiger partial charge in [0, 0.05) is 11.4 Å². The van der Waals surface area contributed by atoms with Crippen LogP contribution in [-0.2, 0) is 4.79 Å². The Morgan fingerprint density at radius 3 is 2.56 bits per heavy atom. The van der Waals surface area contributed by atoms with Crippen molar-refractivity contribution in [1.29, 1.82) is 0 Å². The molecule has 5 nitrogen and oxygen atoms in total. The highest BCUT2D eigenvalue weighted by molar-refractivity contribution is 5.97. The molecule has 1 aliphatic rings. The van der Waals surface area contributed by atoms with Gasteiger partial charge in [-0.1, -0.05) is 48.5 Å². The van der Waals surface area contributed by atoms with E-state index in [0.717, 1.165) is 16.7 Å². The highest BCUT2D eigenvalue weighted by atomic mass is 16.2. The van der Waals surface area contributed by atoms with E-state index in [4.69, 9.17) is 0 Å². The first-order valence-electron chi connectivity index (χ1n) is 8.15. The number of para-hydroxylation sites is 1. The van der Waals surface area contributed by atoms with Crippen LogP contribution in [0, 0.1) is 19.8 Å². The number of benzene rings is 2. The van der Waals surface area contributed by atoms with E-state index in [1.807, 2.05) is 62.4 Å². The second kappa shape index (κ2) is 6.81. The van der Waals surface area contributed by atoms with Gasteiger partial charge < -0.3 is 16.0 Å². The van der Waals surface area contributed by atoms with Gasteiger partial charge in [0.15, 0.2) is 0 Å². The number of amides is 3. The SMILES string of the molecule is C=C1NC(=O)N[C@@H](c2cc(C)ccc2C)[C@H]1C(=O)Nc1ccccc1. The molecular formula is C20H21N3O2. The van der Waals surface area contributed by atoms with Crippen LogP contribution in [0.25, 0.3) is 0 Å². The monoisotopic (exact) mass is 335 g/mol. The minimum Gasteiger partial charge on any atom is -0.330 e. The van der Waals surface area contributed by atoms with Gasteiger partial charge in [-0.2, -0.15) is 0 Å². The zero-order valence-corrected chi connectivity index (χ0v) is 14.3. The second-order valence-corrected chi connectivity index (χ2v) is 6.29. The summed E-state index contributed by atoms with van der Waals surface area (Å²) in [6.07, 6.45) is 0. The second-order valence-electron chi connectivity index (χ2n) is 6.29. The number of aryl methyl sites for hydroxylation is 2. The van der Waals surface area contributed by atoms with Crippen LogP contribution in [0.4, 0.5) is 10.5 Å². The van der Waals surface area contributed by atoms with Gasteiger partial charge >= 0.3 is 6.03 Å². The lowest BCUT2D eigenvalue weighted by molar-refractivity contribution is -0.119. The third kappa shape index (κ3) is 3.55. The summed E-state index contributed by atoms with van der Waals surface area (Å²) in [6.45, 7) is 7.86.